The number of hydrogen-bond acceptors (Lipinski definition) is 6. The van der Waals surface area contributed by atoms with E-state index >= 15 is 0 Å². The van der Waals surface area contributed by atoms with Gasteiger partial charge < -0.3 is 15.6 Å². The molecular weight excluding hydrogens is 403 g/mol. The molecule has 4 rings (SSSR count). The van der Waals surface area contributed by atoms with Crippen LogP contribution < -0.4 is 11.1 Å². The topological polar surface area (TPSA) is 94.0 Å². The lowest BCUT2D eigenvalue weighted by molar-refractivity contribution is 0.102. The number of thiophene rings is 1. The third kappa shape index (κ3) is 3.94. The van der Waals surface area contributed by atoms with E-state index in [-0.39, 0.29) is 23.9 Å². The molecule has 148 valence electrons. The smallest absolute Gasteiger partial charge is 0.268 e. The zero-order chi connectivity index (χ0) is 19.0. The van der Waals surface area contributed by atoms with E-state index in [4.69, 9.17) is 10.3 Å². The summed E-state index contributed by atoms with van der Waals surface area (Å²) in [6.45, 7) is 1.90. The van der Waals surface area contributed by atoms with Crippen LogP contribution in [0.3, 0.4) is 0 Å². The van der Waals surface area contributed by atoms with E-state index in [1.807, 2.05) is 13.0 Å². The Balaban J connectivity index is 0.00000225. The molecule has 9 heteroatoms. The van der Waals surface area contributed by atoms with Crippen LogP contribution in [0.5, 0.6) is 0 Å². The molecule has 1 aliphatic rings. The highest BCUT2D eigenvalue weighted by atomic mass is 35.5. The van der Waals surface area contributed by atoms with Crippen molar-refractivity contribution in [1.82, 2.24) is 10.1 Å². The molecule has 0 unspecified atom stereocenters. The third-order valence-electron chi connectivity index (χ3n) is 4.80. The third-order valence-corrected chi connectivity index (χ3v) is 5.94. The standard InChI is InChI=1S/C19H19FN4O2S.ClH/c1-11-9-14(22-16(25)12-5-4-6-13(20)10-12)27-15(11)17-23-18(24-26-17)19(21)7-2-3-8-19;/h4-6,9-10H,2-3,7-8,21H2,1H3,(H,22,25);1H. The lowest BCUT2D eigenvalue weighted by Gasteiger charge is -2.17. The Morgan fingerprint density at radius 3 is 2.79 bits per heavy atom. The Bertz CT molecular complexity index is 997. The van der Waals surface area contributed by atoms with Gasteiger partial charge >= 0.3 is 0 Å². The molecule has 0 bridgehead atoms. The van der Waals surface area contributed by atoms with Crippen LogP contribution in [0.2, 0.25) is 0 Å². The molecule has 1 aromatic carbocycles. The zero-order valence-electron chi connectivity index (χ0n) is 15.2. The van der Waals surface area contributed by atoms with Crippen LogP contribution in [0.4, 0.5) is 9.39 Å². The second-order valence-electron chi connectivity index (χ2n) is 6.87. The Hall–Kier alpha value is -2.29. The number of aromatic nitrogens is 2. The fourth-order valence-corrected chi connectivity index (χ4v) is 4.31. The summed E-state index contributed by atoms with van der Waals surface area (Å²) in [4.78, 5) is 17.6. The van der Waals surface area contributed by atoms with E-state index < -0.39 is 11.4 Å². The Labute approximate surface area is 171 Å². The first kappa shape index (κ1) is 20.4. The van der Waals surface area contributed by atoms with Crippen LogP contribution in [0.15, 0.2) is 34.9 Å². The van der Waals surface area contributed by atoms with Crippen LogP contribution >= 0.6 is 23.7 Å². The molecule has 1 amide bonds. The van der Waals surface area contributed by atoms with Crippen LogP contribution in [0.25, 0.3) is 10.8 Å². The number of rotatable bonds is 4. The first-order valence-corrected chi connectivity index (χ1v) is 9.57. The number of carbonyl (C=O) groups is 1. The van der Waals surface area contributed by atoms with Gasteiger partial charge in [0.15, 0.2) is 5.82 Å². The largest absolute Gasteiger partial charge is 0.333 e. The summed E-state index contributed by atoms with van der Waals surface area (Å²) in [6, 6.07) is 7.39. The van der Waals surface area contributed by atoms with E-state index in [2.05, 4.69) is 15.5 Å². The first-order valence-electron chi connectivity index (χ1n) is 8.75. The number of nitrogens with two attached hydrogens (primary N) is 1. The summed E-state index contributed by atoms with van der Waals surface area (Å²) in [5.41, 5.74) is 7.04. The summed E-state index contributed by atoms with van der Waals surface area (Å²) >= 11 is 1.33. The molecule has 1 aliphatic carbocycles. The average molecular weight is 423 g/mol. The summed E-state index contributed by atoms with van der Waals surface area (Å²) in [6.07, 6.45) is 3.83. The van der Waals surface area contributed by atoms with Gasteiger partial charge in [0, 0.05) is 5.56 Å². The highest BCUT2D eigenvalue weighted by molar-refractivity contribution is 7.19. The fraction of sp³-hybridized carbons (Fsp3) is 0.316. The summed E-state index contributed by atoms with van der Waals surface area (Å²) in [5.74, 6) is 0.107. The second kappa shape index (κ2) is 7.98. The minimum Gasteiger partial charge on any atom is -0.333 e. The van der Waals surface area contributed by atoms with Gasteiger partial charge in [-0.05, 0) is 49.6 Å². The summed E-state index contributed by atoms with van der Waals surface area (Å²) < 4.78 is 18.7. The van der Waals surface area contributed by atoms with Gasteiger partial charge in [-0.25, -0.2) is 4.39 Å². The molecule has 6 nitrogen and oxygen atoms in total. The van der Waals surface area contributed by atoms with Gasteiger partial charge in [0.2, 0.25) is 0 Å². The molecule has 1 saturated carbocycles. The number of nitrogens with zero attached hydrogens (tertiary/aromatic N) is 2. The van der Waals surface area contributed by atoms with Crippen molar-refractivity contribution in [3.05, 3.63) is 53.1 Å². The van der Waals surface area contributed by atoms with Crippen LogP contribution in [-0.4, -0.2) is 16.0 Å². The lowest BCUT2D eigenvalue weighted by Crippen LogP contribution is -2.34. The van der Waals surface area contributed by atoms with Crippen molar-refractivity contribution in [3.63, 3.8) is 0 Å². The predicted octanol–water partition coefficient (Wildman–Crippen LogP) is 4.65. The lowest BCUT2D eigenvalue weighted by atomic mass is 9.99. The number of nitrogens with one attached hydrogen (secondary N) is 1. The second-order valence-corrected chi connectivity index (χ2v) is 7.93. The highest BCUT2D eigenvalue weighted by Crippen LogP contribution is 2.38. The van der Waals surface area contributed by atoms with Crippen molar-refractivity contribution in [2.75, 3.05) is 5.32 Å². The van der Waals surface area contributed by atoms with Crippen molar-refractivity contribution in [2.24, 2.45) is 5.73 Å². The van der Waals surface area contributed by atoms with Crippen molar-refractivity contribution < 1.29 is 13.7 Å². The van der Waals surface area contributed by atoms with Crippen molar-refractivity contribution in [1.29, 1.82) is 0 Å². The molecule has 0 spiro atoms. The number of anilines is 1. The molecule has 0 aliphatic heterocycles. The van der Waals surface area contributed by atoms with Crippen molar-refractivity contribution in [2.45, 2.75) is 38.1 Å². The maximum atomic E-state index is 13.3. The summed E-state index contributed by atoms with van der Waals surface area (Å²) in [7, 11) is 0. The molecule has 0 saturated heterocycles. The normalized spacial score (nSPS) is 15.2. The number of hydrogen-bond donors (Lipinski definition) is 2. The van der Waals surface area contributed by atoms with Crippen molar-refractivity contribution in [3.8, 4) is 10.8 Å². The first-order chi connectivity index (χ1) is 12.9. The minimum atomic E-state index is -0.513. The molecular formula is C19H20ClFN4O2S. The number of aryl methyl sites for hydroxylation is 1. The minimum absolute atomic E-state index is 0. The number of halogens is 2. The van der Waals surface area contributed by atoms with Gasteiger partial charge in [-0.1, -0.05) is 24.1 Å². The van der Waals surface area contributed by atoms with E-state index in [1.165, 1.54) is 29.5 Å². The van der Waals surface area contributed by atoms with E-state index in [9.17, 15) is 9.18 Å². The highest BCUT2D eigenvalue weighted by Gasteiger charge is 2.36. The molecule has 1 fully saturated rings. The monoisotopic (exact) mass is 422 g/mol. The fourth-order valence-electron chi connectivity index (χ4n) is 3.32. The van der Waals surface area contributed by atoms with E-state index in [0.717, 1.165) is 36.1 Å². The molecule has 2 aromatic heterocycles. The molecule has 2 heterocycles. The maximum absolute atomic E-state index is 13.3. The molecule has 3 aromatic rings. The van der Waals surface area contributed by atoms with E-state index in [0.29, 0.717) is 16.7 Å². The SMILES string of the molecule is Cc1cc(NC(=O)c2cccc(F)c2)sc1-c1nc(C2(N)CCCC2)no1.Cl. The molecule has 0 atom stereocenters. The average Bonchev–Trinajstić information content (AvgIpc) is 3.35. The Morgan fingerprint density at radius 1 is 1.32 bits per heavy atom. The van der Waals surface area contributed by atoms with Gasteiger partial charge in [0.1, 0.15) is 5.82 Å². The number of carbonyl (C=O) groups excluding carboxylic acids is 1. The van der Waals surface area contributed by atoms with Gasteiger partial charge in [-0.2, -0.15) is 4.98 Å². The van der Waals surface area contributed by atoms with E-state index in [1.54, 1.807) is 6.07 Å². The Morgan fingerprint density at radius 2 is 2.07 bits per heavy atom. The summed E-state index contributed by atoms with van der Waals surface area (Å²) in [5, 5.41) is 7.49. The van der Waals surface area contributed by atoms with Gasteiger partial charge in [-0.3, -0.25) is 4.79 Å². The van der Waals surface area contributed by atoms with Crippen LogP contribution in [0, 0.1) is 12.7 Å². The van der Waals surface area contributed by atoms with Crippen molar-refractivity contribution >= 4 is 34.7 Å². The van der Waals surface area contributed by atoms with Crippen LogP contribution in [-0.2, 0) is 5.54 Å². The molecule has 28 heavy (non-hydrogen) atoms. The maximum Gasteiger partial charge on any atom is 0.268 e. The number of benzene rings is 1. The number of amides is 1. The Kier molecular flexibility index (Phi) is 5.83. The zero-order valence-corrected chi connectivity index (χ0v) is 16.8. The van der Waals surface area contributed by atoms with Gasteiger partial charge in [-0.15, -0.1) is 23.7 Å². The predicted molar refractivity (Wildman–Crippen MR) is 108 cm³/mol. The quantitative estimate of drug-likeness (QED) is 0.638. The van der Waals surface area contributed by atoms with Gasteiger partial charge in [0.05, 0.1) is 15.4 Å². The molecule has 3 N–H and O–H groups in total. The molecule has 0 radical (unpaired) electrons. The van der Waals surface area contributed by atoms with Crippen LogP contribution in [0.1, 0.15) is 47.4 Å². The van der Waals surface area contributed by atoms with Gasteiger partial charge in [0.25, 0.3) is 11.8 Å².